The number of nitrogens with one attached hydrogen (secondary N) is 1. The van der Waals surface area contributed by atoms with Gasteiger partial charge in [-0.3, -0.25) is 0 Å². The van der Waals surface area contributed by atoms with Crippen LogP contribution in [-0.4, -0.2) is 26.8 Å². The molecule has 0 bridgehead atoms. The van der Waals surface area contributed by atoms with Crippen LogP contribution in [0.15, 0.2) is 28.7 Å². The van der Waals surface area contributed by atoms with Crippen molar-refractivity contribution in [1.82, 2.24) is 25.5 Å². The predicted octanol–water partition coefficient (Wildman–Crippen LogP) is 1.92. The van der Waals surface area contributed by atoms with Crippen molar-refractivity contribution in [2.45, 2.75) is 19.9 Å². The maximum Gasteiger partial charge on any atom is 0.170 e. The molecule has 6 heteroatoms. The van der Waals surface area contributed by atoms with Crippen molar-refractivity contribution in [3.63, 3.8) is 0 Å². The van der Waals surface area contributed by atoms with Crippen molar-refractivity contribution in [1.29, 1.82) is 0 Å². The monoisotopic (exact) mass is 295 g/mol. The van der Waals surface area contributed by atoms with Crippen molar-refractivity contribution in [3.8, 4) is 5.69 Å². The second-order valence-electron chi connectivity index (χ2n) is 3.66. The van der Waals surface area contributed by atoms with Crippen LogP contribution < -0.4 is 5.32 Å². The highest BCUT2D eigenvalue weighted by atomic mass is 79.9. The molecule has 0 atom stereocenters. The Balaban J connectivity index is 2.15. The number of nitrogens with zero attached hydrogens (tertiary/aromatic N) is 4. The molecule has 2 aromatic rings. The zero-order valence-corrected chi connectivity index (χ0v) is 11.2. The molecule has 0 spiro atoms. The number of tetrazole rings is 1. The third-order valence-corrected chi connectivity index (χ3v) is 2.84. The number of benzene rings is 1. The molecule has 5 nitrogen and oxygen atoms in total. The molecule has 0 fully saturated rings. The summed E-state index contributed by atoms with van der Waals surface area (Å²) in [6, 6.07) is 7.90. The summed E-state index contributed by atoms with van der Waals surface area (Å²) in [4.78, 5) is 0. The van der Waals surface area contributed by atoms with E-state index in [4.69, 9.17) is 0 Å². The van der Waals surface area contributed by atoms with Gasteiger partial charge in [0, 0.05) is 4.47 Å². The molecule has 1 heterocycles. The highest BCUT2D eigenvalue weighted by Gasteiger charge is 2.06. The molecule has 2 rings (SSSR count). The van der Waals surface area contributed by atoms with Crippen LogP contribution in [0, 0.1) is 0 Å². The van der Waals surface area contributed by atoms with Gasteiger partial charge in [-0.2, -0.15) is 4.68 Å². The van der Waals surface area contributed by atoms with Gasteiger partial charge in [-0.1, -0.05) is 22.9 Å². The smallest absolute Gasteiger partial charge is 0.170 e. The Kier molecular flexibility index (Phi) is 4.22. The number of aromatic nitrogens is 4. The molecule has 0 aliphatic heterocycles. The molecule has 0 aliphatic rings. The zero-order chi connectivity index (χ0) is 12.1. The van der Waals surface area contributed by atoms with E-state index in [2.05, 4.69) is 43.7 Å². The molecule has 0 amide bonds. The number of hydrogen-bond donors (Lipinski definition) is 1. The van der Waals surface area contributed by atoms with Crippen molar-refractivity contribution in [2.75, 3.05) is 6.54 Å². The molecule has 0 unspecified atom stereocenters. The Morgan fingerprint density at radius 2 is 2.06 bits per heavy atom. The first-order valence-corrected chi connectivity index (χ1v) is 6.34. The van der Waals surface area contributed by atoms with Crippen molar-refractivity contribution in [3.05, 3.63) is 34.6 Å². The van der Waals surface area contributed by atoms with E-state index in [-0.39, 0.29) is 0 Å². The molecule has 1 aromatic carbocycles. The predicted molar refractivity (Wildman–Crippen MR) is 68.9 cm³/mol. The number of rotatable bonds is 5. The lowest BCUT2D eigenvalue weighted by Crippen LogP contribution is -2.17. The molecular weight excluding hydrogens is 282 g/mol. The summed E-state index contributed by atoms with van der Waals surface area (Å²) in [5.74, 6) is 0.820. The average Bonchev–Trinajstić information content (AvgIpc) is 2.79. The molecule has 1 aromatic heterocycles. The van der Waals surface area contributed by atoms with Crippen LogP contribution in [0.25, 0.3) is 5.69 Å². The Morgan fingerprint density at radius 1 is 1.29 bits per heavy atom. The van der Waals surface area contributed by atoms with Gasteiger partial charge in [0.05, 0.1) is 12.2 Å². The van der Waals surface area contributed by atoms with E-state index >= 15 is 0 Å². The summed E-state index contributed by atoms with van der Waals surface area (Å²) >= 11 is 3.41. The third kappa shape index (κ3) is 3.10. The lowest BCUT2D eigenvalue weighted by molar-refractivity contribution is 0.633. The fourth-order valence-corrected chi connectivity index (χ4v) is 1.74. The third-order valence-electron chi connectivity index (χ3n) is 2.32. The van der Waals surface area contributed by atoms with Gasteiger partial charge in [0.2, 0.25) is 0 Å². The fraction of sp³-hybridized carbons (Fsp3) is 0.364. The Morgan fingerprint density at radius 3 is 2.76 bits per heavy atom. The van der Waals surface area contributed by atoms with Gasteiger partial charge >= 0.3 is 0 Å². The molecule has 0 saturated heterocycles. The molecule has 1 N–H and O–H groups in total. The van der Waals surface area contributed by atoms with Crippen molar-refractivity contribution >= 4 is 15.9 Å². The lowest BCUT2D eigenvalue weighted by atomic mass is 10.3. The minimum atomic E-state index is 0.677. The van der Waals surface area contributed by atoms with Gasteiger partial charge in [-0.15, -0.1) is 5.10 Å². The van der Waals surface area contributed by atoms with Gasteiger partial charge in [0.15, 0.2) is 5.82 Å². The SMILES string of the molecule is CCCNCc1nnnn1-c1ccc(Br)cc1. The van der Waals surface area contributed by atoms with E-state index in [0.29, 0.717) is 6.54 Å². The van der Waals surface area contributed by atoms with E-state index < -0.39 is 0 Å². The van der Waals surface area contributed by atoms with Crippen molar-refractivity contribution in [2.24, 2.45) is 0 Å². The van der Waals surface area contributed by atoms with E-state index in [1.807, 2.05) is 24.3 Å². The maximum atomic E-state index is 4.01. The van der Waals surface area contributed by atoms with E-state index in [1.54, 1.807) is 4.68 Å². The minimum absolute atomic E-state index is 0.677. The molecule has 0 radical (unpaired) electrons. The largest absolute Gasteiger partial charge is 0.310 e. The standard InChI is InChI=1S/C11H14BrN5/c1-2-7-13-8-11-14-15-16-17(11)10-5-3-9(12)4-6-10/h3-6,13H,2,7-8H2,1H3. The maximum absolute atomic E-state index is 4.01. The summed E-state index contributed by atoms with van der Waals surface area (Å²) in [5, 5.41) is 15.0. The number of halogens is 1. The quantitative estimate of drug-likeness (QED) is 0.857. The Hall–Kier alpha value is -1.27. The van der Waals surface area contributed by atoms with Crippen LogP contribution >= 0.6 is 15.9 Å². The summed E-state index contributed by atoms with van der Waals surface area (Å²) in [7, 11) is 0. The average molecular weight is 296 g/mol. The van der Waals surface area contributed by atoms with Crippen LogP contribution in [0.5, 0.6) is 0 Å². The van der Waals surface area contributed by atoms with Gasteiger partial charge in [-0.25, -0.2) is 0 Å². The highest BCUT2D eigenvalue weighted by molar-refractivity contribution is 9.10. The summed E-state index contributed by atoms with van der Waals surface area (Å²) in [6.45, 7) is 3.77. The van der Waals surface area contributed by atoms with Crippen molar-refractivity contribution < 1.29 is 0 Å². The van der Waals surface area contributed by atoms with Crippen LogP contribution in [-0.2, 0) is 6.54 Å². The summed E-state index contributed by atoms with van der Waals surface area (Å²) < 4.78 is 2.79. The van der Waals surface area contributed by atoms with E-state index in [1.165, 1.54) is 0 Å². The Labute approximate surface area is 108 Å². The van der Waals surface area contributed by atoms with Crippen LogP contribution in [0.1, 0.15) is 19.2 Å². The number of hydrogen-bond acceptors (Lipinski definition) is 4. The highest BCUT2D eigenvalue weighted by Crippen LogP contribution is 2.13. The molecular formula is C11H14BrN5. The van der Waals surface area contributed by atoms with Crippen LogP contribution in [0.2, 0.25) is 0 Å². The van der Waals surface area contributed by atoms with Gasteiger partial charge < -0.3 is 5.32 Å². The lowest BCUT2D eigenvalue weighted by Gasteiger charge is -2.05. The molecule has 90 valence electrons. The Bertz CT molecular complexity index is 465. The zero-order valence-electron chi connectivity index (χ0n) is 9.60. The van der Waals surface area contributed by atoms with Gasteiger partial charge in [-0.05, 0) is 47.7 Å². The van der Waals surface area contributed by atoms with Gasteiger partial charge in [0.25, 0.3) is 0 Å². The first kappa shape index (κ1) is 12.2. The van der Waals surface area contributed by atoms with Gasteiger partial charge in [0.1, 0.15) is 0 Å². The second kappa shape index (κ2) is 5.88. The molecule has 0 saturated carbocycles. The van der Waals surface area contributed by atoms with E-state index in [9.17, 15) is 0 Å². The van der Waals surface area contributed by atoms with Crippen LogP contribution in [0.4, 0.5) is 0 Å². The first-order valence-electron chi connectivity index (χ1n) is 5.55. The summed E-state index contributed by atoms with van der Waals surface area (Å²) in [5.41, 5.74) is 0.964. The fourth-order valence-electron chi connectivity index (χ4n) is 1.48. The molecule has 0 aliphatic carbocycles. The van der Waals surface area contributed by atoms with Crippen LogP contribution in [0.3, 0.4) is 0 Å². The topological polar surface area (TPSA) is 55.6 Å². The molecule has 17 heavy (non-hydrogen) atoms. The second-order valence-corrected chi connectivity index (χ2v) is 4.58. The normalized spacial score (nSPS) is 10.7. The first-order chi connectivity index (χ1) is 8.31. The minimum Gasteiger partial charge on any atom is -0.310 e. The van der Waals surface area contributed by atoms with E-state index in [0.717, 1.165) is 29.0 Å². The summed E-state index contributed by atoms with van der Waals surface area (Å²) in [6.07, 6.45) is 1.10.